The Hall–Kier alpha value is -6.84. The summed E-state index contributed by atoms with van der Waals surface area (Å²) in [6, 6.07) is 36.9. The van der Waals surface area contributed by atoms with E-state index in [9.17, 15) is 39.6 Å². The zero-order valence-electron chi connectivity index (χ0n) is 37.0. The number of aliphatic hydroxyl groups is 2. The fourth-order valence-electron chi connectivity index (χ4n) is 8.53. The molecule has 0 radical (unpaired) electrons. The molecule has 2 heterocycles. The van der Waals surface area contributed by atoms with Crippen LogP contribution >= 0.6 is 0 Å². The molecule has 0 saturated carbocycles. The van der Waals surface area contributed by atoms with Gasteiger partial charge >= 0.3 is 5.97 Å². The second-order valence-corrected chi connectivity index (χ2v) is 16.9. The number of benzene rings is 5. The van der Waals surface area contributed by atoms with E-state index < -0.39 is 17.7 Å². The summed E-state index contributed by atoms with van der Waals surface area (Å²) in [5, 5.41) is 50.1. The summed E-state index contributed by atoms with van der Waals surface area (Å²) in [5.41, 5.74) is 2.06. The number of aromatic nitrogens is 1. The van der Waals surface area contributed by atoms with Gasteiger partial charge in [-0.2, -0.15) is 0 Å². The molecule has 1 fully saturated rings. The Labute approximate surface area is 383 Å². The lowest BCUT2D eigenvalue weighted by Gasteiger charge is -2.33. The van der Waals surface area contributed by atoms with Crippen molar-refractivity contribution in [3.05, 3.63) is 177 Å². The highest BCUT2D eigenvalue weighted by Gasteiger charge is 2.42. The number of carbonyl (C=O) groups excluding carboxylic acids is 2. The number of amides is 2. The van der Waals surface area contributed by atoms with Gasteiger partial charge < -0.3 is 45.7 Å². The van der Waals surface area contributed by atoms with Crippen LogP contribution in [0.5, 0.6) is 11.5 Å². The van der Waals surface area contributed by atoms with Gasteiger partial charge in [-0.1, -0.05) is 84.9 Å². The van der Waals surface area contributed by atoms with Crippen molar-refractivity contribution >= 4 is 28.7 Å². The zero-order chi connectivity index (χ0) is 46.6. The number of pyridine rings is 1. The summed E-state index contributed by atoms with van der Waals surface area (Å²) >= 11 is 0. The first-order valence-corrected chi connectivity index (χ1v) is 22.3. The van der Waals surface area contributed by atoms with Gasteiger partial charge in [0.2, 0.25) is 11.2 Å². The topological polar surface area (TPSA) is 205 Å². The largest absolute Gasteiger partial charge is 0.506 e. The molecular formula is C52H57N5O9. The number of fused-ring (bicyclic) bond motifs is 1. The monoisotopic (exact) mass is 895 g/mol. The van der Waals surface area contributed by atoms with Gasteiger partial charge in [0, 0.05) is 61.4 Å². The number of ether oxygens (including phenoxy) is 1. The lowest BCUT2D eigenvalue weighted by atomic mass is 9.80. The van der Waals surface area contributed by atoms with Crippen LogP contribution in [0, 0.1) is 5.92 Å². The second kappa shape index (κ2) is 21.9. The van der Waals surface area contributed by atoms with Crippen LogP contribution < -0.4 is 20.9 Å². The Kier molecular flexibility index (Phi) is 15.6. The molecule has 2 amide bonds. The molecular weight excluding hydrogens is 839 g/mol. The average molecular weight is 896 g/mol. The number of hydrogen-bond acceptors (Lipinski definition) is 10. The number of aromatic hydroxyl groups is 1. The molecule has 344 valence electrons. The summed E-state index contributed by atoms with van der Waals surface area (Å²) in [4.78, 5) is 57.1. The van der Waals surface area contributed by atoms with Gasteiger partial charge in [0.1, 0.15) is 11.5 Å². The van der Waals surface area contributed by atoms with Gasteiger partial charge in [0.15, 0.2) is 6.61 Å². The summed E-state index contributed by atoms with van der Waals surface area (Å²) in [7, 11) is 1.60. The first-order chi connectivity index (χ1) is 31.9. The molecule has 0 aliphatic carbocycles. The number of nitrogens with zero attached hydrogens (tertiary/aromatic N) is 2. The van der Waals surface area contributed by atoms with E-state index in [0.29, 0.717) is 47.4 Å². The maximum atomic E-state index is 13.1. The highest BCUT2D eigenvalue weighted by Crippen LogP contribution is 2.36. The van der Waals surface area contributed by atoms with Gasteiger partial charge in [-0.25, -0.2) is 4.79 Å². The quantitative estimate of drug-likeness (QED) is 0.0500. The number of phenolic OH excluding ortho intramolecular Hbond substituents is 1. The Balaban J connectivity index is 0.847. The molecule has 66 heavy (non-hydrogen) atoms. The van der Waals surface area contributed by atoms with Gasteiger partial charge in [-0.3, -0.25) is 19.3 Å². The molecule has 0 bridgehead atoms. The lowest BCUT2D eigenvalue weighted by Crippen LogP contribution is -2.39. The third kappa shape index (κ3) is 11.7. The van der Waals surface area contributed by atoms with Gasteiger partial charge in [0.05, 0.1) is 11.6 Å². The molecule has 2 atom stereocenters. The van der Waals surface area contributed by atoms with Crippen LogP contribution in [0.3, 0.4) is 0 Å². The normalized spacial score (nSPS) is 14.6. The smallest absolute Gasteiger partial charge is 0.345 e. The van der Waals surface area contributed by atoms with Crippen molar-refractivity contribution < 1.29 is 39.5 Å². The Morgan fingerprint density at radius 3 is 2.38 bits per heavy atom. The Morgan fingerprint density at radius 2 is 1.62 bits per heavy atom. The van der Waals surface area contributed by atoms with E-state index in [1.165, 1.54) is 28.7 Å². The standard InChI is InChI=1S/C52H57N5O9/c1-56(29-26-54-50(62)38-16-14-35(15-17-38)22-25-53-32-46(59)42-18-20-45(58)49-43(42)19-21-47(60)55-49)48(61)34-66-41-12-7-11-40(31-41)52(65,51(63)64)44-13-6-5-10-39(44)30-36-23-27-57(28-24-36)33-37-8-3-2-4-9-37/h2-21,31,36,46,53,58-59,65H,22-30,32-34H2,1H3,(H,54,62)(H,55,60)(H,63,64)/t46-,52-/m0/s1. The van der Waals surface area contributed by atoms with Gasteiger partial charge in [-0.15, -0.1) is 0 Å². The minimum atomic E-state index is -2.36. The number of carboxylic acids is 1. The lowest BCUT2D eigenvalue weighted by molar-refractivity contribution is -0.155. The Bertz CT molecular complexity index is 2670. The van der Waals surface area contributed by atoms with Crippen molar-refractivity contribution in [2.75, 3.05) is 52.9 Å². The fraction of sp³-hybridized carbons (Fsp3) is 0.308. The van der Waals surface area contributed by atoms with Crippen LogP contribution in [0.1, 0.15) is 62.7 Å². The number of rotatable bonds is 20. The predicted octanol–water partition coefficient (Wildman–Crippen LogP) is 5.14. The Morgan fingerprint density at radius 1 is 0.879 bits per heavy atom. The number of aliphatic hydroxyl groups excluding tert-OH is 1. The highest BCUT2D eigenvalue weighted by atomic mass is 16.5. The van der Waals surface area contributed by atoms with E-state index >= 15 is 0 Å². The molecule has 7 rings (SSSR count). The number of likely N-dealkylation sites (tertiary alicyclic amines) is 1. The van der Waals surface area contributed by atoms with Crippen LogP contribution in [0.15, 0.2) is 132 Å². The van der Waals surface area contributed by atoms with Gasteiger partial charge in [-0.05, 0) is 110 Å². The maximum absolute atomic E-state index is 13.1. The van der Waals surface area contributed by atoms with Crippen molar-refractivity contribution in [3.63, 3.8) is 0 Å². The second-order valence-electron chi connectivity index (χ2n) is 16.9. The number of aromatic amines is 1. The minimum Gasteiger partial charge on any atom is -0.506 e. The molecule has 7 N–H and O–H groups in total. The average Bonchev–Trinajstić information content (AvgIpc) is 3.33. The van der Waals surface area contributed by atoms with Crippen molar-refractivity contribution in [2.24, 2.45) is 5.92 Å². The van der Waals surface area contributed by atoms with E-state index in [1.807, 2.05) is 30.3 Å². The first kappa shape index (κ1) is 47.1. The molecule has 1 aliphatic rings. The van der Waals surface area contributed by atoms with E-state index in [2.05, 4.69) is 44.8 Å². The molecule has 14 heteroatoms. The van der Waals surface area contributed by atoms with Crippen molar-refractivity contribution in [1.82, 2.24) is 25.4 Å². The molecule has 6 aromatic rings. The fourth-order valence-corrected chi connectivity index (χ4v) is 8.53. The van der Waals surface area contributed by atoms with E-state index in [0.717, 1.165) is 43.6 Å². The third-order valence-electron chi connectivity index (χ3n) is 12.4. The maximum Gasteiger partial charge on any atom is 0.345 e. The van der Waals surface area contributed by atoms with E-state index in [-0.39, 0.29) is 66.2 Å². The first-order valence-electron chi connectivity index (χ1n) is 22.3. The predicted molar refractivity (Wildman–Crippen MR) is 251 cm³/mol. The van der Waals surface area contributed by atoms with Crippen LogP contribution in [0.2, 0.25) is 0 Å². The summed E-state index contributed by atoms with van der Waals surface area (Å²) in [6.45, 7) is 3.64. The number of likely N-dealkylation sites (N-methyl/N-ethyl adjacent to an activating group) is 1. The number of hydrogen-bond donors (Lipinski definition) is 7. The molecule has 1 aliphatic heterocycles. The third-order valence-corrected chi connectivity index (χ3v) is 12.4. The number of nitrogens with one attached hydrogen (secondary N) is 3. The van der Waals surface area contributed by atoms with Crippen molar-refractivity contribution in [1.29, 1.82) is 0 Å². The number of H-pyrrole nitrogens is 1. The van der Waals surface area contributed by atoms with Crippen molar-refractivity contribution in [2.45, 2.75) is 43.9 Å². The van der Waals surface area contributed by atoms with Crippen LogP contribution in [0.25, 0.3) is 10.9 Å². The molecule has 0 unspecified atom stereocenters. The SMILES string of the molecule is CN(CCNC(=O)c1ccc(CCNC[C@H](O)c2ccc(O)c3[nH]c(=O)ccc23)cc1)C(=O)COc1cccc([C@@](O)(C(=O)O)c2ccccc2CC2CCN(Cc3ccccc3)CC2)c1. The van der Waals surface area contributed by atoms with Crippen LogP contribution in [-0.2, 0) is 34.6 Å². The molecule has 1 aromatic heterocycles. The zero-order valence-corrected chi connectivity index (χ0v) is 37.0. The van der Waals surface area contributed by atoms with Crippen LogP contribution in [-0.4, -0.2) is 106 Å². The van der Waals surface area contributed by atoms with Crippen molar-refractivity contribution in [3.8, 4) is 11.5 Å². The van der Waals surface area contributed by atoms with E-state index in [4.69, 9.17) is 4.74 Å². The highest BCUT2D eigenvalue weighted by molar-refractivity contribution is 5.94. The number of carboxylic acid groups (broad SMARTS) is 1. The number of phenols is 1. The minimum absolute atomic E-state index is 0.0705. The molecule has 0 spiro atoms. The van der Waals surface area contributed by atoms with Crippen LogP contribution in [0.4, 0.5) is 0 Å². The number of carbonyl (C=O) groups is 3. The summed E-state index contributed by atoms with van der Waals surface area (Å²) in [6.07, 6.45) is 2.33. The summed E-state index contributed by atoms with van der Waals surface area (Å²) < 4.78 is 5.82. The number of aliphatic carboxylic acids is 1. The number of piperidine rings is 1. The van der Waals surface area contributed by atoms with E-state index in [1.54, 1.807) is 61.6 Å². The molecule has 14 nitrogen and oxygen atoms in total. The summed E-state index contributed by atoms with van der Waals surface area (Å²) in [5.74, 6) is -1.58. The van der Waals surface area contributed by atoms with Gasteiger partial charge in [0.25, 0.3) is 11.8 Å². The molecule has 5 aromatic carbocycles. The molecule has 1 saturated heterocycles.